The lowest BCUT2D eigenvalue weighted by molar-refractivity contribution is 0.184. The summed E-state index contributed by atoms with van der Waals surface area (Å²) >= 11 is 6.07. The van der Waals surface area contributed by atoms with Crippen molar-refractivity contribution in [3.8, 4) is 0 Å². The lowest BCUT2D eigenvalue weighted by Crippen LogP contribution is -2.06. The number of nitrogens with zero attached hydrogens (tertiary/aromatic N) is 2. The van der Waals surface area contributed by atoms with E-state index in [-0.39, 0.29) is 0 Å². The molecule has 0 saturated heterocycles. The molecule has 1 aliphatic carbocycles. The molecule has 0 radical (unpaired) electrons. The third-order valence-corrected chi connectivity index (χ3v) is 3.73. The fourth-order valence-electron chi connectivity index (χ4n) is 2.26. The summed E-state index contributed by atoms with van der Waals surface area (Å²) in [5.74, 6) is 2.13. The van der Waals surface area contributed by atoms with E-state index in [0.29, 0.717) is 24.2 Å². The van der Waals surface area contributed by atoms with Crippen LogP contribution in [0, 0.1) is 0 Å². The van der Waals surface area contributed by atoms with Gasteiger partial charge in [-0.2, -0.15) is 0 Å². The van der Waals surface area contributed by atoms with Gasteiger partial charge >= 0.3 is 0 Å². The Morgan fingerprint density at radius 2 is 2.00 bits per heavy atom. The predicted octanol–water partition coefficient (Wildman–Crippen LogP) is 3.77. The maximum absolute atomic E-state index is 6.07. The molecule has 21 heavy (non-hydrogen) atoms. The van der Waals surface area contributed by atoms with E-state index in [1.54, 1.807) is 13.2 Å². The van der Waals surface area contributed by atoms with Crippen molar-refractivity contribution in [2.75, 3.05) is 12.4 Å². The Morgan fingerprint density at radius 1 is 1.24 bits per heavy atom. The van der Waals surface area contributed by atoms with Crippen molar-refractivity contribution in [3.63, 3.8) is 0 Å². The summed E-state index contributed by atoms with van der Waals surface area (Å²) in [4.78, 5) is 8.84. The summed E-state index contributed by atoms with van der Waals surface area (Å²) < 4.78 is 5.22. The van der Waals surface area contributed by atoms with E-state index >= 15 is 0 Å². The van der Waals surface area contributed by atoms with Crippen molar-refractivity contribution in [2.24, 2.45) is 0 Å². The summed E-state index contributed by atoms with van der Waals surface area (Å²) in [6, 6.07) is 9.98. The molecule has 0 bridgehead atoms. The topological polar surface area (TPSA) is 47.0 Å². The minimum atomic E-state index is 0.491. The third kappa shape index (κ3) is 3.71. The number of nitrogens with one attached hydrogen (secondary N) is 1. The highest BCUT2D eigenvalue weighted by molar-refractivity contribution is 6.29. The first-order valence-corrected chi connectivity index (χ1v) is 7.48. The first-order chi connectivity index (χ1) is 10.3. The fraction of sp³-hybridized carbons (Fsp3) is 0.375. The summed E-state index contributed by atoms with van der Waals surface area (Å²) in [6.45, 7) is 1.30. The van der Waals surface area contributed by atoms with Crippen LogP contribution in [-0.4, -0.2) is 17.1 Å². The number of aromatic nitrogens is 2. The number of methoxy groups -OCH3 is 1. The van der Waals surface area contributed by atoms with Crippen LogP contribution in [0.2, 0.25) is 5.15 Å². The highest BCUT2D eigenvalue weighted by Gasteiger charge is 2.27. The number of benzene rings is 1. The number of rotatable bonds is 6. The smallest absolute Gasteiger partial charge is 0.135 e. The second-order valence-corrected chi connectivity index (χ2v) is 5.65. The molecule has 0 aliphatic heterocycles. The zero-order chi connectivity index (χ0) is 14.7. The molecule has 1 heterocycles. The lowest BCUT2D eigenvalue weighted by atomic mass is 10.1. The maximum Gasteiger partial charge on any atom is 0.135 e. The molecule has 4 nitrogen and oxygen atoms in total. The molecule has 1 N–H and O–H groups in total. The van der Waals surface area contributed by atoms with Gasteiger partial charge in [0.2, 0.25) is 0 Å². The second kappa shape index (κ2) is 6.41. The number of hydrogen-bond acceptors (Lipinski definition) is 4. The van der Waals surface area contributed by atoms with E-state index in [0.717, 1.165) is 24.5 Å². The van der Waals surface area contributed by atoms with Gasteiger partial charge < -0.3 is 10.1 Å². The summed E-state index contributed by atoms with van der Waals surface area (Å²) in [7, 11) is 1.70. The van der Waals surface area contributed by atoms with Gasteiger partial charge in [0.25, 0.3) is 0 Å². The molecule has 1 aromatic heterocycles. The molecule has 2 aromatic rings. The van der Waals surface area contributed by atoms with Gasteiger partial charge in [0, 0.05) is 25.6 Å². The Bertz CT molecular complexity index is 629. The zero-order valence-electron chi connectivity index (χ0n) is 12.0. The van der Waals surface area contributed by atoms with Gasteiger partial charge in [0.1, 0.15) is 16.8 Å². The van der Waals surface area contributed by atoms with Gasteiger partial charge in [0.15, 0.2) is 0 Å². The van der Waals surface area contributed by atoms with Crippen LogP contribution >= 0.6 is 11.6 Å². The van der Waals surface area contributed by atoms with Gasteiger partial charge in [-0.25, -0.2) is 9.97 Å². The molecule has 1 fully saturated rings. The van der Waals surface area contributed by atoms with Gasteiger partial charge in [0.05, 0.1) is 6.61 Å². The monoisotopic (exact) mass is 303 g/mol. The first-order valence-electron chi connectivity index (χ1n) is 7.10. The Hall–Kier alpha value is -1.65. The second-order valence-electron chi connectivity index (χ2n) is 5.26. The summed E-state index contributed by atoms with van der Waals surface area (Å²) in [5.41, 5.74) is 2.37. The molecule has 0 spiro atoms. The van der Waals surface area contributed by atoms with Gasteiger partial charge in [-0.1, -0.05) is 35.9 Å². The van der Waals surface area contributed by atoms with Gasteiger partial charge in [-0.05, 0) is 24.0 Å². The standard InChI is InChI=1S/C16H18ClN3O/c1-21-10-13-5-3-2-4-12(13)9-18-15-8-14(17)19-16(20-15)11-6-7-11/h2-5,8,11H,6-7,9-10H2,1H3,(H,18,19,20). The summed E-state index contributed by atoms with van der Waals surface area (Å²) in [6.07, 6.45) is 2.33. The van der Waals surface area contributed by atoms with Crippen molar-refractivity contribution in [1.29, 1.82) is 0 Å². The van der Waals surface area contributed by atoms with Gasteiger partial charge in [-0.3, -0.25) is 0 Å². The van der Waals surface area contributed by atoms with Crippen LogP contribution in [0.25, 0.3) is 0 Å². The van der Waals surface area contributed by atoms with Crippen LogP contribution in [0.5, 0.6) is 0 Å². The van der Waals surface area contributed by atoms with E-state index in [4.69, 9.17) is 16.3 Å². The molecule has 5 heteroatoms. The van der Waals surface area contributed by atoms with Crippen LogP contribution in [0.1, 0.15) is 35.7 Å². The van der Waals surface area contributed by atoms with Crippen LogP contribution < -0.4 is 5.32 Å². The molecule has 1 aliphatic rings. The van der Waals surface area contributed by atoms with E-state index in [1.165, 1.54) is 11.1 Å². The number of ether oxygens (including phenoxy) is 1. The summed E-state index contributed by atoms with van der Waals surface area (Å²) in [5, 5.41) is 3.83. The third-order valence-electron chi connectivity index (χ3n) is 3.53. The quantitative estimate of drug-likeness (QED) is 0.825. The Labute approximate surface area is 129 Å². The van der Waals surface area contributed by atoms with Crippen LogP contribution in [0.3, 0.4) is 0 Å². The molecule has 1 saturated carbocycles. The number of halogens is 1. The predicted molar refractivity (Wildman–Crippen MR) is 83.5 cm³/mol. The molecule has 0 amide bonds. The number of hydrogen-bond donors (Lipinski definition) is 1. The molecular formula is C16H18ClN3O. The Morgan fingerprint density at radius 3 is 2.71 bits per heavy atom. The van der Waals surface area contributed by atoms with Crippen LogP contribution in [0.15, 0.2) is 30.3 Å². The minimum absolute atomic E-state index is 0.491. The average Bonchev–Trinajstić information content (AvgIpc) is 3.31. The SMILES string of the molecule is COCc1ccccc1CNc1cc(Cl)nc(C2CC2)n1. The molecule has 3 rings (SSSR count). The van der Waals surface area contributed by atoms with E-state index in [2.05, 4.69) is 27.4 Å². The van der Waals surface area contributed by atoms with Crippen LogP contribution in [0.4, 0.5) is 5.82 Å². The highest BCUT2D eigenvalue weighted by Crippen LogP contribution is 2.38. The lowest BCUT2D eigenvalue weighted by Gasteiger charge is -2.11. The maximum atomic E-state index is 6.07. The average molecular weight is 304 g/mol. The molecule has 0 atom stereocenters. The van der Waals surface area contributed by atoms with E-state index < -0.39 is 0 Å². The Kier molecular flexibility index (Phi) is 4.36. The molecular weight excluding hydrogens is 286 g/mol. The zero-order valence-corrected chi connectivity index (χ0v) is 12.7. The Balaban J connectivity index is 1.72. The van der Waals surface area contributed by atoms with Crippen molar-refractivity contribution in [3.05, 3.63) is 52.4 Å². The molecule has 0 unspecified atom stereocenters. The first kappa shape index (κ1) is 14.3. The van der Waals surface area contributed by atoms with Crippen molar-refractivity contribution < 1.29 is 4.74 Å². The van der Waals surface area contributed by atoms with Gasteiger partial charge in [-0.15, -0.1) is 0 Å². The molecule has 1 aromatic carbocycles. The minimum Gasteiger partial charge on any atom is -0.380 e. The van der Waals surface area contributed by atoms with E-state index in [9.17, 15) is 0 Å². The molecule has 110 valence electrons. The van der Waals surface area contributed by atoms with Crippen LogP contribution in [-0.2, 0) is 17.9 Å². The largest absolute Gasteiger partial charge is 0.380 e. The van der Waals surface area contributed by atoms with E-state index in [1.807, 2.05) is 12.1 Å². The van der Waals surface area contributed by atoms with Crippen molar-refractivity contribution in [2.45, 2.75) is 31.9 Å². The highest BCUT2D eigenvalue weighted by atomic mass is 35.5. The number of anilines is 1. The normalized spacial score (nSPS) is 14.2. The van der Waals surface area contributed by atoms with Crippen molar-refractivity contribution >= 4 is 17.4 Å². The van der Waals surface area contributed by atoms with Crippen molar-refractivity contribution in [1.82, 2.24) is 9.97 Å². The fourth-order valence-corrected chi connectivity index (χ4v) is 2.45.